The number of aryl methyl sites for hydroxylation is 1. The van der Waals surface area contributed by atoms with Gasteiger partial charge in [0, 0.05) is 18.2 Å². The van der Waals surface area contributed by atoms with Crippen molar-refractivity contribution in [2.24, 2.45) is 0 Å². The molecule has 0 spiro atoms. The Morgan fingerprint density at radius 1 is 1.08 bits per heavy atom. The van der Waals surface area contributed by atoms with Crippen LogP contribution in [-0.2, 0) is 0 Å². The lowest BCUT2D eigenvalue weighted by Crippen LogP contribution is -2.26. The van der Waals surface area contributed by atoms with Crippen molar-refractivity contribution in [3.8, 4) is 11.5 Å². The number of halogens is 2. The Morgan fingerprint density at radius 2 is 1.71 bits per heavy atom. The lowest BCUT2D eigenvalue weighted by atomic mass is 10.1. The van der Waals surface area contributed by atoms with Gasteiger partial charge in [-0.15, -0.1) is 0 Å². The van der Waals surface area contributed by atoms with E-state index in [1.165, 1.54) is 4.90 Å². The minimum atomic E-state index is -0.224. The second-order valence-electron chi connectivity index (χ2n) is 5.16. The van der Waals surface area contributed by atoms with Crippen LogP contribution in [0.25, 0.3) is 11.5 Å². The van der Waals surface area contributed by atoms with Crippen LogP contribution in [0.15, 0.2) is 47.0 Å². The number of carbonyl (C=O) groups excluding carboxylic acids is 1. The predicted molar refractivity (Wildman–Crippen MR) is 93.7 cm³/mol. The number of benzene rings is 2. The molecule has 3 aromatic rings. The molecular weight excluding hydrogens is 349 g/mol. The van der Waals surface area contributed by atoms with Crippen LogP contribution < -0.4 is 4.90 Å². The van der Waals surface area contributed by atoms with Gasteiger partial charge in [0.05, 0.1) is 15.7 Å². The van der Waals surface area contributed by atoms with E-state index in [1.807, 2.05) is 0 Å². The Kier molecular flexibility index (Phi) is 4.55. The summed E-state index contributed by atoms with van der Waals surface area (Å²) in [5, 5.41) is 4.57. The van der Waals surface area contributed by atoms with E-state index in [0.717, 1.165) is 5.56 Å². The van der Waals surface area contributed by atoms with Gasteiger partial charge in [0.1, 0.15) is 0 Å². The summed E-state index contributed by atoms with van der Waals surface area (Å²) in [5.41, 5.74) is 1.71. The van der Waals surface area contributed by atoms with Gasteiger partial charge < -0.3 is 9.42 Å². The van der Waals surface area contributed by atoms with Gasteiger partial charge in [-0.05, 0) is 43.3 Å². The standard InChI is InChI=1S/C17H13Cl2N3O2/c1-10-20-16(24-21-10)11-6-8-12(9-7-11)17(23)22(2)15-13(18)4-3-5-14(15)19/h3-9H,1-2H3. The monoisotopic (exact) mass is 361 g/mol. The van der Waals surface area contributed by atoms with E-state index in [0.29, 0.717) is 33.0 Å². The van der Waals surface area contributed by atoms with Crippen LogP contribution >= 0.6 is 23.2 Å². The predicted octanol–water partition coefficient (Wildman–Crippen LogP) is 4.63. The molecule has 0 saturated heterocycles. The molecule has 1 heterocycles. The molecule has 7 heteroatoms. The Hall–Kier alpha value is -2.37. The van der Waals surface area contributed by atoms with Crippen LogP contribution in [0.5, 0.6) is 0 Å². The Morgan fingerprint density at radius 3 is 2.25 bits per heavy atom. The van der Waals surface area contributed by atoms with E-state index in [9.17, 15) is 4.79 Å². The van der Waals surface area contributed by atoms with Crippen molar-refractivity contribution < 1.29 is 9.32 Å². The summed E-state index contributed by atoms with van der Waals surface area (Å²) >= 11 is 12.3. The van der Waals surface area contributed by atoms with Crippen molar-refractivity contribution in [2.75, 3.05) is 11.9 Å². The molecule has 0 unspecified atom stereocenters. The van der Waals surface area contributed by atoms with E-state index < -0.39 is 0 Å². The molecule has 24 heavy (non-hydrogen) atoms. The average Bonchev–Trinajstić information content (AvgIpc) is 3.00. The van der Waals surface area contributed by atoms with Crippen LogP contribution in [-0.4, -0.2) is 23.1 Å². The quantitative estimate of drug-likeness (QED) is 0.682. The molecule has 1 amide bonds. The van der Waals surface area contributed by atoms with Crippen LogP contribution in [0.1, 0.15) is 16.2 Å². The first-order valence-corrected chi connectivity index (χ1v) is 7.86. The van der Waals surface area contributed by atoms with Gasteiger partial charge in [-0.1, -0.05) is 34.4 Å². The highest BCUT2D eigenvalue weighted by Crippen LogP contribution is 2.33. The zero-order chi connectivity index (χ0) is 17.3. The molecule has 0 aliphatic rings. The summed E-state index contributed by atoms with van der Waals surface area (Å²) in [6.07, 6.45) is 0. The number of para-hydroxylation sites is 1. The minimum absolute atomic E-state index is 0.224. The first-order valence-electron chi connectivity index (χ1n) is 7.10. The van der Waals surface area contributed by atoms with E-state index in [1.54, 1.807) is 56.4 Å². The van der Waals surface area contributed by atoms with E-state index in [2.05, 4.69) is 10.1 Å². The lowest BCUT2D eigenvalue weighted by Gasteiger charge is -2.20. The van der Waals surface area contributed by atoms with Crippen LogP contribution in [0.3, 0.4) is 0 Å². The van der Waals surface area contributed by atoms with Crippen molar-refractivity contribution in [3.63, 3.8) is 0 Å². The van der Waals surface area contributed by atoms with E-state index in [-0.39, 0.29) is 5.91 Å². The van der Waals surface area contributed by atoms with Crippen LogP contribution in [0, 0.1) is 6.92 Å². The Balaban J connectivity index is 1.87. The second-order valence-corrected chi connectivity index (χ2v) is 5.97. The third-order valence-corrected chi connectivity index (χ3v) is 4.09. The lowest BCUT2D eigenvalue weighted by molar-refractivity contribution is 0.0993. The van der Waals surface area contributed by atoms with Crippen LogP contribution in [0.4, 0.5) is 5.69 Å². The summed E-state index contributed by atoms with van der Waals surface area (Å²) < 4.78 is 5.11. The van der Waals surface area contributed by atoms with E-state index in [4.69, 9.17) is 27.7 Å². The first-order chi connectivity index (χ1) is 11.5. The number of aromatic nitrogens is 2. The van der Waals surface area contributed by atoms with Gasteiger partial charge in [-0.3, -0.25) is 4.79 Å². The molecule has 122 valence electrons. The summed E-state index contributed by atoms with van der Waals surface area (Å²) in [7, 11) is 1.63. The summed E-state index contributed by atoms with van der Waals surface area (Å²) in [4.78, 5) is 18.2. The molecule has 0 radical (unpaired) electrons. The third-order valence-electron chi connectivity index (χ3n) is 3.48. The highest BCUT2D eigenvalue weighted by molar-refractivity contribution is 6.40. The maximum absolute atomic E-state index is 12.7. The number of nitrogens with zero attached hydrogens (tertiary/aromatic N) is 3. The van der Waals surface area contributed by atoms with Gasteiger partial charge in [-0.2, -0.15) is 4.98 Å². The fourth-order valence-corrected chi connectivity index (χ4v) is 2.93. The molecule has 2 aromatic carbocycles. The summed E-state index contributed by atoms with van der Waals surface area (Å²) in [5.74, 6) is 0.741. The maximum atomic E-state index is 12.7. The van der Waals surface area contributed by atoms with Gasteiger partial charge in [-0.25, -0.2) is 0 Å². The molecule has 1 aromatic heterocycles. The van der Waals surface area contributed by atoms with Gasteiger partial charge >= 0.3 is 0 Å². The largest absolute Gasteiger partial charge is 0.334 e. The zero-order valence-electron chi connectivity index (χ0n) is 13.0. The number of carbonyl (C=O) groups is 1. The van der Waals surface area contributed by atoms with Crippen molar-refractivity contribution in [3.05, 3.63) is 63.9 Å². The van der Waals surface area contributed by atoms with Crippen molar-refractivity contribution in [1.82, 2.24) is 10.1 Å². The smallest absolute Gasteiger partial charge is 0.258 e. The van der Waals surface area contributed by atoms with Crippen LogP contribution in [0.2, 0.25) is 10.0 Å². The molecule has 0 saturated carbocycles. The normalized spacial score (nSPS) is 10.7. The van der Waals surface area contributed by atoms with Gasteiger partial charge in [0.2, 0.25) is 0 Å². The average molecular weight is 362 g/mol. The van der Waals surface area contributed by atoms with Crippen molar-refractivity contribution in [2.45, 2.75) is 6.92 Å². The molecular formula is C17H13Cl2N3O2. The number of hydrogen-bond acceptors (Lipinski definition) is 4. The number of anilines is 1. The molecule has 0 fully saturated rings. The second kappa shape index (κ2) is 6.63. The maximum Gasteiger partial charge on any atom is 0.258 e. The molecule has 0 bridgehead atoms. The molecule has 3 rings (SSSR count). The highest BCUT2D eigenvalue weighted by atomic mass is 35.5. The molecule has 0 N–H and O–H groups in total. The zero-order valence-corrected chi connectivity index (χ0v) is 14.5. The molecule has 0 aliphatic carbocycles. The summed E-state index contributed by atoms with van der Waals surface area (Å²) in [6.45, 7) is 1.74. The number of hydrogen-bond donors (Lipinski definition) is 0. The molecule has 5 nitrogen and oxygen atoms in total. The van der Waals surface area contributed by atoms with E-state index >= 15 is 0 Å². The third kappa shape index (κ3) is 3.13. The topological polar surface area (TPSA) is 59.2 Å². The van der Waals surface area contributed by atoms with Gasteiger partial charge in [0.25, 0.3) is 11.8 Å². The molecule has 0 atom stereocenters. The first kappa shape index (κ1) is 16.5. The Labute approximate surface area is 148 Å². The SMILES string of the molecule is Cc1noc(-c2ccc(C(=O)N(C)c3c(Cl)cccc3Cl)cc2)n1. The van der Waals surface area contributed by atoms with Gasteiger partial charge in [0.15, 0.2) is 5.82 Å². The summed E-state index contributed by atoms with van der Waals surface area (Å²) in [6, 6.07) is 12.0. The minimum Gasteiger partial charge on any atom is -0.334 e. The fourth-order valence-electron chi connectivity index (χ4n) is 2.27. The molecule has 0 aliphatic heterocycles. The Bertz CT molecular complexity index is 871. The highest BCUT2D eigenvalue weighted by Gasteiger charge is 2.19. The van der Waals surface area contributed by atoms with Crippen molar-refractivity contribution in [1.29, 1.82) is 0 Å². The fraction of sp³-hybridized carbons (Fsp3) is 0.118. The number of rotatable bonds is 3. The van der Waals surface area contributed by atoms with Crippen molar-refractivity contribution >= 4 is 34.8 Å². The number of amides is 1.